The van der Waals surface area contributed by atoms with Gasteiger partial charge in [0.15, 0.2) is 0 Å². The van der Waals surface area contributed by atoms with Crippen LogP contribution < -0.4 is 5.73 Å². The molecule has 0 fully saturated rings. The topological polar surface area (TPSA) is 72.0 Å². The van der Waals surface area contributed by atoms with Crippen LogP contribution in [0.4, 0.5) is 5.69 Å². The van der Waals surface area contributed by atoms with Crippen molar-refractivity contribution in [2.24, 2.45) is 0 Å². The van der Waals surface area contributed by atoms with E-state index in [1.54, 1.807) is 18.5 Å². The molecule has 1 heterocycles. The number of anilines is 1. The molecule has 0 saturated carbocycles. The molecule has 16 heavy (non-hydrogen) atoms. The molecule has 80 valence electrons. The Bertz CT molecular complexity index is 569. The van der Waals surface area contributed by atoms with E-state index in [-0.39, 0.29) is 6.61 Å². The van der Waals surface area contributed by atoms with Gasteiger partial charge < -0.3 is 10.8 Å². The van der Waals surface area contributed by atoms with Crippen LogP contribution in [-0.4, -0.2) is 21.7 Å². The van der Waals surface area contributed by atoms with Crippen LogP contribution in [0, 0.1) is 11.8 Å². The lowest BCUT2D eigenvalue weighted by Gasteiger charge is -2.01. The van der Waals surface area contributed by atoms with E-state index >= 15 is 0 Å². The van der Waals surface area contributed by atoms with Gasteiger partial charge in [-0.1, -0.05) is 11.8 Å². The van der Waals surface area contributed by atoms with Gasteiger partial charge in [-0.2, -0.15) is 0 Å². The first-order valence-electron chi connectivity index (χ1n) is 4.92. The predicted octanol–water partition coefficient (Wildman–Crippen LogP) is 0.946. The Hall–Kier alpha value is -2.12. The molecule has 4 nitrogen and oxygen atoms in total. The summed E-state index contributed by atoms with van der Waals surface area (Å²) in [6.07, 6.45) is 3.67. The highest BCUT2D eigenvalue weighted by molar-refractivity contribution is 5.86. The van der Waals surface area contributed by atoms with Crippen LogP contribution in [0.3, 0.4) is 0 Å². The standard InChI is InChI=1S/C12H11N3O/c13-10-4-5-11-12(15-7-6-14-11)9(10)3-1-2-8-16/h4-7,16H,2,8,13H2. The van der Waals surface area contributed by atoms with Crippen molar-refractivity contribution in [3.05, 3.63) is 30.1 Å². The molecule has 0 unspecified atom stereocenters. The summed E-state index contributed by atoms with van der Waals surface area (Å²) in [4.78, 5) is 8.39. The molecule has 2 rings (SSSR count). The van der Waals surface area contributed by atoms with Gasteiger partial charge in [0.1, 0.15) is 5.52 Å². The molecule has 2 aromatic rings. The molecule has 3 N–H and O–H groups in total. The van der Waals surface area contributed by atoms with Crippen LogP contribution in [0.1, 0.15) is 12.0 Å². The summed E-state index contributed by atoms with van der Waals surface area (Å²) >= 11 is 0. The van der Waals surface area contributed by atoms with Gasteiger partial charge in [0.2, 0.25) is 0 Å². The Morgan fingerprint density at radius 1 is 1.25 bits per heavy atom. The molecule has 0 aliphatic heterocycles. The number of aliphatic hydroxyl groups is 1. The summed E-state index contributed by atoms with van der Waals surface area (Å²) in [6.45, 7) is 0.0450. The lowest BCUT2D eigenvalue weighted by molar-refractivity contribution is 0.305. The van der Waals surface area contributed by atoms with Crippen molar-refractivity contribution >= 4 is 16.7 Å². The molecule has 4 heteroatoms. The van der Waals surface area contributed by atoms with E-state index in [2.05, 4.69) is 21.8 Å². The van der Waals surface area contributed by atoms with E-state index in [1.165, 1.54) is 0 Å². The quantitative estimate of drug-likeness (QED) is 0.546. The van der Waals surface area contributed by atoms with E-state index < -0.39 is 0 Å². The zero-order chi connectivity index (χ0) is 11.4. The first-order chi connectivity index (χ1) is 7.83. The second kappa shape index (κ2) is 4.60. The zero-order valence-electron chi connectivity index (χ0n) is 8.64. The molecule has 1 aromatic heterocycles. The summed E-state index contributed by atoms with van der Waals surface area (Å²) in [7, 11) is 0. The summed E-state index contributed by atoms with van der Waals surface area (Å²) < 4.78 is 0. The second-order valence-corrected chi connectivity index (χ2v) is 3.23. The molecule has 1 aromatic carbocycles. The molecule has 0 radical (unpaired) electrons. The summed E-state index contributed by atoms with van der Waals surface area (Å²) in [5.41, 5.74) is 8.57. The minimum atomic E-state index is 0.0450. The number of hydrogen-bond donors (Lipinski definition) is 2. The molecule has 0 bridgehead atoms. The number of hydrogen-bond acceptors (Lipinski definition) is 4. The number of nitrogens with zero attached hydrogens (tertiary/aromatic N) is 2. The van der Waals surface area contributed by atoms with Gasteiger partial charge in [0.25, 0.3) is 0 Å². The van der Waals surface area contributed by atoms with Crippen LogP contribution >= 0.6 is 0 Å². The van der Waals surface area contributed by atoms with Gasteiger partial charge >= 0.3 is 0 Å². The maximum absolute atomic E-state index is 8.67. The van der Waals surface area contributed by atoms with E-state index in [1.807, 2.05) is 6.07 Å². The van der Waals surface area contributed by atoms with E-state index in [4.69, 9.17) is 10.8 Å². The summed E-state index contributed by atoms with van der Waals surface area (Å²) in [6, 6.07) is 3.58. The normalized spacial score (nSPS) is 9.81. The minimum Gasteiger partial charge on any atom is -0.398 e. The molecular weight excluding hydrogens is 202 g/mol. The number of rotatable bonds is 1. The Balaban J connectivity index is 2.58. The van der Waals surface area contributed by atoms with E-state index in [0.29, 0.717) is 23.2 Å². The minimum absolute atomic E-state index is 0.0450. The van der Waals surface area contributed by atoms with Crippen molar-refractivity contribution in [1.82, 2.24) is 9.97 Å². The second-order valence-electron chi connectivity index (χ2n) is 3.23. The number of nitrogen functional groups attached to an aromatic ring is 1. The van der Waals surface area contributed by atoms with Gasteiger partial charge in [-0.15, -0.1) is 0 Å². The largest absolute Gasteiger partial charge is 0.398 e. The molecule has 0 aliphatic carbocycles. The number of aromatic nitrogens is 2. The predicted molar refractivity (Wildman–Crippen MR) is 62.5 cm³/mol. The third-order valence-electron chi connectivity index (χ3n) is 2.12. The Morgan fingerprint density at radius 2 is 2.06 bits per heavy atom. The van der Waals surface area contributed by atoms with Gasteiger partial charge in [-0.3, -0.25) is 9.97 Å². The number of benzene rings is 1. The number of nitrogens with two attached hydrogens (primary N) is 1. The fraction of sp³-hybridized carbons (Fsp3) is 0.167. The lowest BCUT2D eigenvalue weighted by Crippen LogP contribution is -1.94. The van der Waals surface area contributed by atoms with Crippen molar-refractivity contribution < 1.29 is 5.11 Å². The highest BCUT2D eigenvalue weighted by atomic mass is 16.2. The van der Waals surface area contributed by atoms with Crippen LogP contribution in [0.25, 0.3) is 11.0 Å². The highest BCUT2D eigenvalue weighted by Gasteiger charge is 2.04. The van der Waals surface area contributed by atoms with Crippen molar-refractivity contribution in [3.8, 4) is 11.8 Å². The maximum atomic E-state index is 8.67. The third-order valence-corrected chi connectivity index (χ3v) is 2.12. The van der Waals surface area contributed by atoms with Gasteiger partial charge in [0, 0.05) is 24.5 Å². The lowest BCUT2D eigenvalue weighted by atomic mass is 10.1. The first-order valence-corrected chi connectivity index (χ1v) is 4.92. The fourth-order valence-electron chi connectivity index (χ4n) is 1.39. The van der Waals surface area contributed by atoms with Crippen LogP contribution in [-0.2, 0) is 0 Å². The SMILES string of the molecule is Nc1ccc2nccnc2c1C#CCCO. The average molecular weight is 213 g/mol. The van der Waals surface area contributed by atoms with Crippen molar-refractivity contribution in [1.29, 1.82) is 0 Å². The number of fused-ring (bicyclic) bond motifs is 1. The Morgan fingerprint density at radius 3 is 2.88 bits per heavy atom. The van der Waals surface area contributed by atoms with Crippen molar-refractivity contribution in [3.63, 3.8) is 0 Å². The highest BCUT2D eigenvalue weighted by Crippen LogP contribution is 2.19. The number of aliphatic hydroxyl groups excluding tert-OH is 1. The van der Waals surface area contributed by atoms with Gasteiger partial charge in [-0.05, 0) is 12.1 Å². The summed E-state index contributed by atoms with van der Waals surface area (Å²) in [5.74, 6) is 5.76. The molecule has 0 atom stereocenters. The Labute approximate surface area is 93.1 Å². The van der Waals surface area contributed by atoms with Crippen molar-refractivity contribution in [2.75, 3.05) is 12.3 Å². The molecule has 0 aliphatic rings. The summed E-state index contributed by atoms with van der Waals surface area (Å²) in [5, 5.41) is 8.67. The molecular formula is C12H11N3O. The fourth-order valence-corrected chi connectivity index (χ4v) is 1.39. The van der Waals surface area contributed by atoms with Crippen LogP contribution in [0.2, 0.25) is 0 Å². The maximum Gasteiger partial charge on any atom is 0.106 e. The van der Waals surface area contributed by atoms with Crippen LogP contribution in [0.5, 0.6) is 0 Å². The molecule has 0 amide bonds. The van der Waals surface area contributed by atoms with Gasteiger partial charge in [-0.25, -0.2) is 0 Å². The van der Waals surface area contributed by atoms with E-state index in [0.717, 1.165) is 5.52 Å². The van der Waals surface area contributed by atoms with Crippen molar-refractivity contribution in [2.45, 2.75) is 6.42 Å². The van der Waals surface area contributed by atoms with Gasteiger partial charge in [0.05, 0.1) is 17.7 Å². The van der Waals surface area contributed by atoms with E-state index in [9.17, 15) is 0 Å². The first kappa shape index (κ1) is 10.4. The molecule has 0 spiro atoms. The van der Waals surface area contributed by atoms with Crippen LogP contribution in [0.15, 0.2) is 24.5 Å². The average Bonchev–Trinajstić information content (AvgIpc) is 2.32. The monoisotopic (exact) mass is 213 g/mol. The molecule has 0 saturated heterocycles. The smallest absolute Gasteiger partial charge is 0.106 e. The Kier molecular flexibility index (Phi) is 2.99. The zero-order valence-corrected chi connectivity index (χ0v) is 8.64. The third kappa shape index (κ3) is 1.95.